The summed E-state index contributed by atoms with van der Waals surface area (Å²) in [5, 5.41) is 10.4. The average Bonchev–Trinajstić information content (AvgIpc) is 2.88. The molecule has 16 heavy (non-hydrogen) atoms. The van der Waals surface area contributed by atoms with Gasteiger partial charge in [-0.05, 0) is 60.8 Å². The Bertz CT molecular complexity index is 408. The van der Waals surface area contributed by atoms with Gasteiger partial charge in [0, 0.05) is 8.95 Å². The van der Waals surface area contributed by atoms with Crippen molar-refractivity contribution in [2.45, 2.75) is 25.4 Å². The Morgan fingerprint density at radius 3 is 2.50 bits per heavy atom. The van der Waals surface area contributed by atoms with Gasteiger partial charge >= 0.3 is 0 Å². The first-order valence-corrected chi connectivity index (χ1v) is 7.37. The molecule has 3 unspecified atom stereocenters. The van der Waals surface area contributed by atoms with E-state index in [1.165, 1.54) is 19.3 Å². The third-order valence-corrected chi connectivity index (χ3v) is 5.22. The van der Waals surface area contributed by atoms with Gasteiger partial charge < -0.3 is 5.11 Å². The molecular weight excluding hydrogens is 332 g/mol. The molecule has 3 rings (SSSR count). The fourth-order valence-electron chi connectivity index (χ4n) is 3.01. The standard InChI is InChI=1S/C13H14Br2O/c14-10-1-2-12(15)11(6-10)13(16)9-4-7-3-8(7)5-9/h1-2,6-9,13,16H,3-5H2. The second-order valence-corrected chi connectivity index (χ2v) is 6.87. The minimum Gasteiger partial charge on any atom is -0.388 e. The van der Waals surface area contributed by atoms with Crippen LogP contribution in [0.3, 0.4) is 0 Å². The number of aliphatic hydroxyl groups excluding tert-OH is 1. The first kappa shape index (κ1) is 11.2. The van der Waals surface area contributed by atoms with E-state index in [4.69, 9.17) is 0 Å². The molecule has 2 aliphatic carbocycles. The maximum absolute atomic E-state index is 10.4. The smallest absolute Gasteiger partial charge is 0.0829 e. The maximum Gasteiger partial charge on any atom is 0.0829 e. The van der Waals surface area contributed by atoms with Crippen molar-refractivity contribution >= 4 is 31.9 Å². The van der Waals surface area contributed by atoms with Crippen LogP contribution in [-0.2, 0) is 0 Å². The Balaban J connectivity index is 1.82. The molecule has 0 heterocycles. The van der Waals surface area contributed by atoms with Gasteiger partial charge in [0.05, 0.1) is 6.10 Å². The molecule has 1 aromatic carbocycles. The Kier molecular flexibility index (Phi) is 2.89. The quantitative estimate of drug-likeness (QED) is 0.847. The number of hydrogen-bond donors (Lipinski definition) is 1. The molecule has 3 heteroatoms. The molecule has 0 bridgehead atoms. The van der Waals surface area contributed by atoms with Crippen molar-refractivity contribution in [1.29, 1.82) is 0 Å². The summed E-state index contributed by atoms with van der Waals surface area (Å²) in [5.41, 5.74) is 1.03. The van der Waals surface area contributed by atoms with E-state index in [0.29, 0.717) is 5.92 Å². The largest absolute Gasteiger partial charge is 0.388 e. The van der Waals surface area contributed by atoms with Gasteiger partial charge in [-0.2, -0.15) is 0 Å². The summed E-state index contributed by atoms with van der Waals surface area (Å²) >= 11 is 6.99. The van der Waals surface area contributed by atoms with Crippen LogP contribution in [0, 0.1) is 17.8 Å². The second kappa shape index (κ2) is 4.11. The number of hydrogen-bond acceptors (Lipinski definition) is 1. The van der Waals surface area contributed by atoms with Crippen LogP contribution in [0.25, 0.3) is 0 Å². The summed E-state index contributed by atoms with van der Waals surface area (Å²) in [6.07, 6.45) is 3.53. The molecule has 3 atom stereocenters. The molecule has 1 aromatic rings. The zero-order chi connectivity index (χ0) is 11.3. The van der Waals surface area contributed by atoms with Crippen LogP contribution in [0.4, 0.5) is 0 Å². The SMILES string of the molecule is OC(c1cc(Br)ccc1Br)C1CC2CC2C1. The number of rotatable bonds is 2. The van der Waals surface area contributed by atoms with Crippen LogP contribution in [0.15, 0.2) is 27.1 Å². The highest BCUT2D eigenvalue weighted by Gasteiger charge is 2.48. The van der Waals surface area contributed by atoms with E-state index in [0.717, 1.165) is 26.3 Å². The van der Waals surface area contributed by atoms with E-state index in [2.05, 4.69) is 31.9 Å². The fourth-order valence-corrected chi connectivity index (χ4v) is 3.87. The Hall–Kier alpha value is 0.140. The lowest BCUT2D eigenvalue weighted by atomic mass is 9.92. The number of fused-ring (bicyclic) bond motifs is 1. The molecule has 86 valence electrons. The third kappa shape index (κ3) is 1.98. The van der Waals surface area contributed by atoms with Gasteiger partial charge in [-0.1, -0.05) is 31.9 Å². The Morgan fingerprint density at radius 1 is 1.12 bits per heavy atom. The molecule has 1 N–H and O–H groups in total. The number of halogens is 2. The lowest BCUT2D eigenvalue weighted by molar-refractivity contribution is 0.104. The zero-order valence-electron chi connectivity index (χ0n) is 8.87. The predicted molar refractivity (Wildman–Crippen MR) is 71.1 cm³/mol. The summed E-state index contributed by atoms with van der Waals surface area (Å²) in [5.74, 6) is 2.31. The molecule has 0 radical (unpaired) electrons. The fraction of sp³-hybridized carbons (Fsp3) is 0.538. The highest BCUT2D eigenvalue weighted by atomic mass is 79.9. The Morgan fingerprint density at radius 2 is 1.81 bits per heavy atom. The van der Waals surface area contributed by atoms with Gasteiger partial charge in [0.1, 0.15) is 0 Å². The normalized spacial score (nSPS) is 33.6. The van der Waals surface area contributed by atoms with Crippen LogP contribution in [0.5, 0.6) is 0 Å². The van der Waals surface area contributed by atoms with E-state index in [1.807, 2.05) is 18.2 Å². The molecule has 0 aliphatic heterocycles. The van der Waals surface area contributed by atoms with Crippen LogP contribution >= 0.6 is 31.9 Å². The van der Waals surface area contributed by atoms with Gasteiger partial charge in [0.25, 0.3) is 0 Å². The monoisotopic (exact) mass is 344 g/mol. The highest BCUT2D eigenvalue weighted by Crippen LogP contribution is 2.57. The highest BCUT2D eigenvalue weighted by molar-refractivity contribution is 9.11. The molecular formula is C13H14Br2O. The van der Waals surface area contributed by atoms with Crippen molar-refractivity contribution in [3.63, 3.8) is 0 Å². The van der Waals surface area contributed by atoms with Crippen LogP contribution in [0.2, 0.25) is 0 Å². The van der Waals surface area contributed by atoms with Crippen LogP contribution in [0.1, 0.15) is 30.9 Å². The first-order chi connectivity index (χ1) is 7.65. The number of aliphatic hydroxyl groups is 1. The van der Waals surface area contributed by atoms with Gasteiger partial charge in [-0.3, -0.25) is 0 Å². The topological polar surface area (TPSA) is 20.2 Å². The maximum atomic E-state index is 10.4. The minimum atomic E-state index is -0.306. The van der Waals surface area contributed by atoms with Crippen molar-refractivity contribution < 1.29 is 5.11 Å². The van der Waals surface area contributed by atoms with E-state index in [9.17, 15) is 5.11 Å². The molecule has 0 spiro atoms. The summed E-state index contributed by atoms with van der Waals surface area (Å²) in [6.45, 7) is 0. The van der Waals surface area contributed by atoms with Crippen molar-refractivity contribution in [3.8, 4) is 0 Å². The van der Waals surface area contributed by atoms with Crippen molar-refractivity contribution in [3.05, 3.63) is 32.7 Å². The number of benzene rings is 1. The lowest BCUT2D eigenvalue weighted by Gasteiger charge is -2.21. The first-order valence-electron chi connectivity index (χ1n) is 5.78. The molecule has 2 aliphatic rings. The van der Waals surface area contributed by atoms with E-state index >= 15 is 0 Å². The van der Waals surface area contributed by atoms with Crippen LogP contribution in [-0.4, -0.2) is 5.11 Å². The molecule has 1 nitrogen and oxygen atoms in total. The van der Waals surface area contributed by atoms with Crippen LogP contribution < -0.4 is 0 Å². The third-order valence-electron chi connectivity index (χ3n) is 4.00. The average molecular weight is 346 g/mol. The van der Waals surface area contributed by atoms with Gasteiger partial charge in [0.2, 0.25) is 0 Å². The summed E-state index contributed by atoms with van der Waals surface area (Å²) < 4.78 is 2.05. The summed E-state index contributed by atoms with van der Waals surface area (Å²) in [6, 6.07) is 6.02. The van der Waals surface area contributed by atoms with E-state index < -0.39 is 0 Å². The second-order valence-electron chi connectivity index (χ2n) is 5.10. The van der Waals surface area contributed by atoms with Crippen molar-refractivity contribution in [1.82, 2.24) is 0 Å². The molecule has 0 aromatic heterocycles. The lowest BCUT2D eigenvalue weighted by Crippen LogP contribution is -2.11. The van der Waals surface area contributed by atoms with Gasteiger partial charge in [-0.15, -0.1) is 0 Å². The Labute approximate surface area is 113 Å². The van der Waals surface area contributed by atoms with Gasteiger partial charge in [0.15, 0.2) is 0 Å². The van der Waals surface area contributed by atoms with Gasteiger partial charge in [-0.25, -0.2) is 0 Å². The predicted octanol–water partition coefficient (Wildman–Crippen LogP) is 4.29. The van der Waals surface area contributed by atoms with E-state index in [-0.39, 0.29) is 6.10 Å². The molecule has 0 saturated heterocycles. The molecule has 0 amide bonds. The van der Waals surface area contributed by atoms with E-state index in [1.54, 1.807) is 0 Å². The van der Waals surface area contributed by atoms with Crippen molar-refractivity contribution in [2.75, 3.05) is 0 Å². The summed E-state index contributed by atoms with van der Waals surface area (Å²) in [7, 11) is 0. The molecule has 2 saturated carbocycles. The zero-order valence-corrected chi connectivity index (χ0v) is 12.0. The minimum absolute atomic E-state index is 0.306. The molecule has 2 fully saturated rings. The summed E-state index contributed by atoms with van der Waals surface area (Å²) in [4.78, 5) is 0. The van der Waals surface area contributed by atoms with Crippen molar-refractivity contribution in [2.24, 2.45) is 17.8 Å².